The van der Waals surface area contributed by atoms with Crippen LogP contribution in [0.15, 0.2) is 11.1 Å². The zero-order chi connectivity index (χ0) is 13.8. The van der Waals surface area contributed by atoms with Gasteiger partial charge in [0.15, 0.2) is 0 Å². The van der Waals surface area contributed by atoms with Gasteiger partial charge in [-0.3, -0.25) is 0 Å². The van der Waals surface area contributed by atoms with Gasteiger partial charge in [-0.1, -0.05) is 25.8 Å². The fraction of sp³-hybridized carbons (Fsp3) is 0.812. The van der Waals surface area contributed by atoms with Crippen molar-refractivity contribution in [2.24, 2.45) is 23.2 Å². The first-order chi connectivity index (χ1) is 9.04. The highest BCUT2D eigenvalue weighted by Crippen LogP contribution is 2.69. The molecule has 0 aromatic rings. The molecule has 0 saturated heterocycles. The number of aliphatic hydroxyl groups excluding tert-OH is 1. The Morgan fingerprint density at radius 1 is 1.53 bits per heavy atom. The third kappa shape index (κ3) is 1.57. The van der Waals surface area contributed by atoms with Crippen LogP contribution in [-0.4, -0.2) is 24.3 Å². The Labute approximate surface area is 115 Å². The van der Waals surface area contributed by atoms with Gasteiger partial charge in [-0.15, -0.1) is 0 Å². The maximum atomic E-state index is 12.2. The van der Waals surface area contributed by atoms with Gasteiger partial charge in [0, 0.05) is 11.5 Å². The molecular formula is C16H24O3. The molecule has 0 aromatic carbocycles. The Kier molecular flexibility index (Phi) is 3.01. The van der Waals surface area contributed by atoms with Crippen molar-refractivity contribution < 1.29 is 14.6 Å². The molecule has 2 saturated carbocycles. The summed E-state index contributed by atoms with van der Waals surface area (Å²) in [5.74, 6) is 0.696. The van der Waals surface area contributed by atoms with Crippen LogP contribution in [0.25, 0.3) is 0 Å². The van der Waals surface area contributed by atoms with E-state index in [2.05, 4.69) is 13.8 Å². The van der Waals surface area contributed by atoms with Crippen LogP contribution in [0.1, 0.15) is 46.0 Å². The van der Waals surface area contributed by atoms with Crippen molar-refractivity contribution in [1.82, 2.24) is 0 Å². The van der Waals surface area contributed by atoms with Crippen LogP contribution >= 0.6 is 0 Å². The summed E-state index contributed by atoms with van der Waals surface area (Å²) in [7, 11) is 1.45. The topological polar surface area (TPSA) is 46.5 Å². The molecule has 3 rings (SSSR count). The molecule has 0 aromatic heterocycles. The van der Waals surface area contributed by atoms with Crippen molar-refractivity contribution in [1.29, 1.82) is 0 Å². The van der Waals surface area contributed by atoms with E-state index in [1.54, 1.807) is 0 Å². The van der Waals surface area contributed by atoms with Gasteiger partial charge in [0.1, 0.15) is 0 Å². The Hall–Kier alpha value is -0.830. The fourth-order valence-corrected chi connectivity index (χ4v) is 5.07. The monoisotopic (exact) mass is 264 g/mol. The second-order valence-corrected chi connectivity index (χ2v) is 6.73. The molecule has 0 heterocycles. The first-order valence-electron chi connectivity index (χ1n) is 7.54. The number of rotatable bonds is 4. The first-order valence-corrected chi connectivity index (χ1v) is 7.54. The van der Waals surface area contributed by atoms with Crippen molar-refractivity contribution in [2.75, 3.05) is 7.11 Å². The molecule has 19 heavy (non-hydrogen) atoms. The average Bonchev–Trinajstić information content (AvgIpc) is 2.93. The molecule has 2 fully saturated rings. The number of carbonyl (C=O) groups is 1. The van der Waals surface area contributed by atoms with E-state index >= 15 is 0 Å². The summed E-state index contributed by atoms with van der Waals surface area (Å²) in [5.41, 5.74) is 2.28. The number of fused-ring (bicyclic) bond motifs is 1. The minimum Gasteiger partial charge on any atom is -0.466 e. The summed E-state index contributed by atoms with van der Waals surface area (Å²) in [4.78, 5) is 12.2. The lowest BCUT2D eigenvalue weighted by atomic mass is 9.71. The van der Waals surface area contributed by atoms with E-state index in [1.807, 2.05) is 0 Å². The molecule has 106 valence electrons. The summed E-state index contributed by atoms with van der Waals surface area (Å²) in [5, 5.41) is 10.4. The maximum absolute atomic E-state index is 12.2. The number of unbranched alkanes of at least 4 members (excludes halogenated alkanes) is 1. The van der Waals surface area contributed by atoms with E-state index in [0.717, 1.165) is 37.7 Å². The van der Waals surface area contributed by atoms with Crippen LogP contribution in [0.2, 0.25) is 0 Å². The van der Waals surface area contributed by atoms with Crippen LogP contribution in [0, 0.1) is 23.2 Å². The number of ether oxygens (including phenoxy) is 1. The third-order valence-corrected chi connectivity index (χ3v) is 5.88. The van der Waals surface area contributed by atoms with Crippen molar-refractivity contribution in [3.8, 4) is 0 Å². The third-order valence-electron chi connectivity index (χ3n) is 5.88. The standard InChI is InChI=1S/C16H24O3/c1-4-5-6-10-13(15(18)19-3)12-11-7-9(14(12)17)8-16(10,11)2/h9,11-12,14,17H,4-8H2,1-3H3/t9-,11-,12+,14-,16+/m0/s1. The summed E-state index contributed by atoms with van der Waals surface area (Å²) in [6.45, 7) is 4.48. The van der Waals surface area contributed by atoms with E-state index in [0.29, 0.717) is 11.8 Å². The normalized spacial score (nSPS) is 43.2. The molecule has 0 unspecified atom stereocenters. The molecule has 0 aliphatic heterocycles. The average molecular weight is 264 g/mol. The molecule has 3 nitrogen and oxygen atoms in total. The molecule has 0 spiro atoms. The molecule has 1 N–H and O–H groups in total. The summed E-state index contributed by atoms with van der Waals surface area (Å²) < 4.78 is 5.00. The summed E-state index contributed by atoms with van der Waals surface area (Å²) in [6, 6.07) is 0. The highest BCUT2D eigenvalue weighted by Gasteiger charge is 2.65. The van der Waals surface area contributed by atoms with Crippen molar-refractivity contribution >= 4 is 5.97 Å². The Bertz CT molecular complexity index is 439. The fourth-order valence-electron chi connectivity index (χ4n) is 5.07. The summed E-state index contributed by atoms with van der Waals surface area (Å²) >= 11 is 0. The number of esters is 1. The van der Waals surface area contributed by atoms with Gasteiger partial charge in [-0.2, -0.15) is 0 Å². The quantitative estimate of drug-likeness (QED) is 0.794. The molecule has 3 aliphatic rings. The summed E-state index contributed by atoms with van der Waals surface area (Å²) in [6.07, 6.45) is 5.05. The maximum Gasteiger partial charge on any atom is 0.334 e. The lowest BCUT2D eigenvalue weighted by Gasteiger charge is -2.35. The number of allylic oxidation sites excluding steroid dienone is 1. The Balaban J connectivity index is 2.04. The molecule has 2 bridgehead atoms. The second kappa shape index (κ2) is 4.34. The predicted octanol–water partition coefficient (Wildman–Crippen LogP) is 2.68. The largest absolute Gasteiger partial charge is 0.466 e. The number of aliphatic hydroxyl groups is 1. The zero-order valence-electron chi connectivity index (χ0n) is 12.1. The Morgan fingerprint density at radius 2 is 2.26 bits per heavy atom. The van der Waals surface area contributed by atoms with Crippen LogP contribution in [0.4, 0.5) is 0 Å². The van der Waals surface area contributed by atoms with Crippen LogP contribution in [-0.2, 0) is 9.53 Å². The molecular weight excluding hydrogens is 240 g/mol. The number of carbonyl (C=O) groups excluding carboxylic acids is 1. The van der Waals surface area contributed by atoms with Gasteiger partial charge in [-0.05, 0) is 42.9 Å². The van der Waals surface area contributed by atoms with Crippen LogP contribution in [0.3, 0.4) is 0 Å². The second-order valence-electron chi connectivity index (χ2n) is 6.73. The van der Waals surface area contributed by atoms with Gasteiger partial charge < -0.3 is 9.84 Å². The minimum atomic E-state index is -0.327. The first kappa shape index (κ1) is 13.2. The number of methoxy groups -OCH3 is 1. The number of hydrogen-bond acceptors (Lipinski definition) is 3. The van der Waals surface area contributed by atoms with Gasteiger partial charge >= 0.3 is 5.97 Å². The van der Waals surface area contributed by atoms with Gasteiger partial charge in [0.05, 0.1) is 13.2 Å². The molecule has 5 atom stereocenters. The lowest BCUT2D eigenvalue weighted by molar-refractivity contribution is -0.137. The zero-order valence-corrected chi connectivity index (χ0v) is 12.1. The molecule has 0 radical (unpaired) electrons. The van der Waals surface area contributed by atoms with Crippen LogP contribution in [0.5, 0.6) is 0 Å². The van der Waals surface area contributed by atoms with E-state index in [-0.39, 0.29) is 23.4 Å². The highest BCUT2D eigenvalue weighted by atomic mass is 16.5. The highest BCUT2D eigenvalue weighted by molar-refractivity contribution is 5.91. The Morgan fingerprint density at radius 3 is 2.84 bits per heavy atom. The predicted molar refractivity (Wildman–Crippen MR) is 72.4 cm³/mol. The van der Waals surface area contributed by atoms with Gasteiger partial charge in [-0.25, -0.2) is 4.79 Å². The smallest absolute Gasteiger partial charge is 0.334 e. The van der Waals surface area contributed by atoms with Crippen molar-refractivity contribution in [3.63, 3.8) is 0 Å². The number of hydrogen-bond donors (Lipinski definition) is 1. The van der Waals surface area contributed by atoms with Crippen molar-refractivity contribution in [3.05, 3.63) is 11.1 Å². The minimum absolute atomic E-state index is 0.0445. The lowest BCUT2D eigenvalue weighted by Crippen LogP contribution is -2.34. The van der Waals surface area contributed by atoms with E-state index in [9.17, 15) is 9.90 Å². The van der Waals surface area contributed by atoms with E-state index in [1.165, 1.54) is 12.7 Å². The molecule has 3 aliphatic carbocycles. The van der Waals surface area contributed by atoms with Crippen LogP contribution < -0.4 is 0 Å². The van der Waals surface area contributed by atoms with Crippen molar-refractivity contribution in [2.45, 2.75) is 52.1 Å². The SMILES string of the molecule is CCCCC1=C(C(=O)OC)[C@@H]2[C@@H](O)[C@H]3C[C@@H]2[C@]1(C)C3. The van der Waals surface area contributed by atoms with Gasteiger partial charge in [0.25, 0.3) is 0 Å². The van der Waals surface area contributed by atoms with E-state index in [4.69, 9.17) is 4.74 Å². The molecule has 0 amide bonds. The molecule has 3 heteroatoms. The van der Waals surface area contributed by atoms with Gasteiger partial charge in [0.2, 0.25) is 0 Å². The van der Waals surface area contributed by atoms with E-state index < -0.39 is 0 Å².